The number of nitrogens with one attached hydrogen (secondary N) is 1. The average molecular weight is 272 g/mol. The summed E-state index contributed by atoms with van der Waals surface area (Å²) in [7, 11) is 0. The molecule has 2 aliphatic carbocycles. The van der Waals surface area contributed by atoms with E-state index in [1.165, 1.54) is 0 Å². The Hall–Kier alpha value is -1.71. The Morgan fingerprint density at radius 2 is 2.20 bits per heavy atom. The molecular formula is C16H20N2O2. The molecule has 0 saturated heterocycles. The molecule has 0 radical (unpaired) electrons. The summed E-state index contributed by atoms with van der Waals surface area (Å²) in [5.41, 5.74) is 1.04. The number of hydrogen-bond donors (Lipinski definition) is 1. The third kappa shape index (κ3) is 2.23. The van der Waals surface area contributed by atoms with Crippen molar-refractivity contribution < 1.29 is 9.59 Å². The SMILES string of the molecule is CC(C)c1cccnc1NC(=O)C1C[C@H]2CC(=O)[C@@H]1C2. The number of pyridine rings is 1. The van der Waals surface area contributed by atoms with Crippen LogP contribution in [0, 0.1) is 17.8 Å². The van der Waals surface area contributed by atoms with Gasteiger partial charge >= 0.3 is 0 Å². The fraction of sp³-hybridized carbons (Fsp3) is 0.562. The molecule has 0 spiro atoms. The summed E-state index contributed by atoms with van der Waals surface area (Å²) in [4.78, 5) is 28.5. The first-order chi connectivity index (χ1) is 9.56. The lowest BCUT2D eigenvalue weighted by atomic mass is 9.87. The maximum absolute atomic E-state index is 12.4. The smallest absolute Gasteiger partial charge is 0.229 e. The van der Waals surface area contributed by atoms with Crippen molar-refractivity contribution in [2.45, 2.75) is 39.0 Å². The van der Waals surface area contributed by atoms with Crippen molar-refractivity contribution in [1.29, 1.82) is 0 Å². The highest BCUT2D eigenvalue weighted by molar-refractivity contribution is 5.98. The van der Waals surface area contributed by atoms with Gasteiger partial charge in [-0.2, -0.15) is 0 Å². The van der Waals surface area contributed by atoms with E-state index in [2.05, 4.69) is 24.1 Å². The number of carbonyl (C=O) groups is 2. The Labute approximate surface area is 119 Å². The van der Waals surface area contributed by atoms with Gasteiger partial charge in [-0.15, -0.1) is 0 Å². The second-order valence-electron chi connectivity index (χ2n) is 6.31. The van der Waals surface area contributed by atoms with Gasteiger partial charge in [0.15, 0.2) is 0 Å². The molecule has 1 N–H and O–H groups in total. The number of amides is 1. The van der Waals surface area contributed by atoms with Crippen molar-refractivity contribution in [3.63, 3.8) is 0 Å². The van der Waals surface area contributed by atoms with Crippen LogP contribution in [0.4, 0.5) is 5.82 Å². The zero-order valence-electron chi connectivity index (χ0n) is 11.9. The Balaban J connectivity index is 1.76. The zero-order chi connectivity index (χ0) is 14.3. The van der Waals surface area contributed by atoms with Crippen molar-refractivity contribution in [3.8, 4) is 0 Å². The number of aromatic nitrogens is 1. The first kappa shape index (κ1) is 13.3. The topological polar surface area (TPSA) is 59.1 Å². The molecule has 1 unspecified atom stereocenters. The van der Waals surface area contributed by atoms with Crippen LogP contribution >= 0.6 is 0 Å². The monoisotopic (exact) mass is 272 g/mol. The summed E-state index contributed by atoms with van der Waals surface area (Å²) in [6.07, 6.45) is 4.12. The quantitative estimate of drug-likeness (QED) is 0.920. The number of nitrogens with zero attached hydrogens (tertiary/aromatic N) is 1. The number of ketones is 1. The number of hydrogen-bond acceptors (Lipinski definition) is 3. The predicted molar refractivity (Wildman–Crippen MR) is 76.3 cm³/mol. The minimum Gasteiger partial charge on any atom is -0.310 e. The first-order valence-electron chi connectivity index (χ1n) is 7.34. The van der Waals surface area contributed by atoms with Crippen molar-refractivity contribution in [2.75, 3.05) is 5.32 Å². The van der Waals surface area contributed by atoms with Gasteiger partial charge in [0, 0.05) is 24.5 Å². The molecule has 4 nitrogen and oxygen atoms in total. The molecule has 1 aromatic rings. The number of rotatable bonds is 3. The molecule has 106 valence electrons. The summed E-state index contributed by atoms with van der Waals surface area (Å²) in [5.74, 6) is 1.41. The molecule has 1 amide bonds. The molecule has 3 atom stereocenters. The molecule has 2 aliphatic rings. The summed E-state index contributed by atoms with van der Waals surface area (Å²) < 4.78 is 0. The van der Waals surface area contributed by atoms with Crippen LogP contribution in [0.5, 0.6) is 0 Å². The molecule has 1 heterocycles. The van der Waals surface area contributed by atoms with E-state index < -0.39 is 0 Å². The van der Waals surface area contributed by atoms with E-state index in [9.17, 15) is 9.59 Å². The summed E-state index contributed by atoms with van der Waals surface area (Å²) in [5, 5.41) is 2.94. The summed E-state index contributed by atoms with van der Waals surface area (Å²) >= 11 is 0. The van der Waals surface area contributed by atoms with E-state index in [0.717, 1.165) is 18.4 Å². The maximum Gasteiger partial charge on any atom is 0.229 e. The molecule has 4 heteroatoms. The summed E-state index contributed by atoms with van der Waals surface area (Å²) in [6, 6.07) is 3.87. The Morgan fingerprint density at radius 1 is 1.40 bits per heavy atom. The van der Waals surface area contributed by atoms with Gasteiger partial charge in [0.05, 0.1) is 0 Å². The van der Waals surface area contributed by atoms with Gasteiger partial charge in [0.1, 0.15) is 11.6 Å². The van der Waals surface area contributed by atoms with Gasteiger partial charge < -0.3 is 5.32 Å². The lowest BCUT2D eigenvalue weighted by Crippen LogP contribution is -2.32. The van der Waals surface area contributed by atoms with Crippen LogP contribution in [0.1, 0.15) is 44.6 Å². The van der Waals surface area contributed by atoms with Gasteiger partial charge in [-0.3, -0.25) is 9.59 Å². The molecule has 2 fully saturated rings. The molecule has 0 aromatic carbocycles. The predicted octanol–water partition coefficient (Wildman–Crippen LogP) is 2.76. The van der Waals surface area contributed by atoms with Gasteiger partial charge in [0.2, 0.25) is 5.91 Å². The average Bonchev–Trinajstić information content (AvgIpc) is 2.98. The second kappa shape index (κ2) is 5.00. The molecule has 2 saturated carbocycles. The van der Waals surface area contributed by atoms with Crippen molar-refractivity contribution >= 4 is 17.5 Å². The van der Waals surface area contributed by atoms with Crippen LogP contribution < -0.4 is 5.32 Å². The number of fused-ring (bicyclic) bond motifs is 2. The van der Waals surface area contributed by atoms with E-state index in [-0.39, 0.29) is 23.5 Å². The number of carbonyl (C=O) groups excluding carboxylic acids is 2. The normalized spacial score (nSPS) is 28.1. The minimum atomic E-state index is -0.150. The first-order valence-corrected chi connectivity index (χ1v) is 7.34. The number of Topliss-reactive ketones (excluding diaryl/α,β-unsaturated/α-hetero) is 1. The van der Waals surface area contributed by atoms with Gasteiger partial charge in [-0.05, 0) is 36.3 Å². The summed E-state index contributed by atoms with van der Waals surface area (Å²) in [6.45, 7) is 4.15. The lowest BCUT2D eigenvalue weighted by Gasteiger charge is -2.21. The molecular weight excluding hydrogens is 252 g/mol. The van der Waals surface area contributed by atoms with E-state index in [1.54, 1.807) is 6.20 Å². The van der Waals surface area contributed by atoms with Crippen LogP contribution in [-0.4, -0.2) is 16.7 Å². The molecule has 20 heavy (non-hydrogen) atoms. The highest BCUT2D eigenvalue weighted by atomic mass is 16.2. The fourth-order valence-electron chi connectivity index (χ4n) is 3.59. The standard InChI is InChI=1S/C16H20N2O2/c1-9(2)11-4-3-5-17-15(11)18-16(20)13-7-10-6-12(13)14(19)8-10/h3-5,9-10,12-13H,6-8H2,1-2H3,(H,17,18,20)/t10-,12+,13?/m0/s1. The van der Waals surface area contributed by atoms with Crippen molar-refractivity contribution in [2.24, 2.45) is 17.8 Å². The van der Waals surface area contributed by atoms with E-state index in [4.69, 9.17) is 0 Å². The Kier molecular flexibility index (Phi) is 3.32. The van der Waals surface area contributed by atoms with Crippen molar-refractivity contribution in [1.82, 2.24) is 4.98 Å². The molecule has 2 bridgehead atoms. The van der Waals surface area contributed by atoms with Crippen LogP contribution in [0.25, 0.3) is 0 Å². The third-order valence-electron chi connectivity index (χ3n) is 4.60. The minimum absolute atomic E-state index is 0.0360. The van der Waals surface area contributed by atoms with Gasteiger partial charge in [0.25, 0.3) is 0 Å². The fourth-order valence-corrected chi connectivity index (χ4v) is 3.59. The highest BCUT2D eigenvalue weighted by Crippen LogP contribution is 2.46. The second-order valence-corrected chi connectivity index (χ2v) is 6.31. The molecule has 0 aliphatic heterocycles. The van der Waals surface area contributed by atoms with Crippen molar-refractivity contribution in [3.05, 3.63) is 23.9 Å². The van der Waals surface area contributed by atoms with E-state index in [1.807, 2.05) is 12.1 Å². The van der Waals surface area contributed by atoms with Crippen LogP contribution in [0.2, 0.25) is 0 Å². The zero-order valence-corrected chi connectivity index (χ0v) is 11.9. The maximum atomic E-state index is 12.4. The molecule has 3 rings (SSSR count). The Bertz CT molecular complexity index is 553. The van der Waals surface area contributed by atoms with Crippen LogP contribution in [0.3, 0.4) is 0 Å². The van der Waals surface area contributed by atoms with Crippen LogP contribution in [-0.2, 0) is 9.59 Å². The van der Waals surface area contributed by atoms with E-state index in [0.29, 0.717) is 24.1 Å². The Morgan fingerprint density at radius 3 is 2.85 bits per heavy atom. The van der Waals surface area contributed by atoms with Gasteiger partial charge in [-0.1, -0.05) is 19.9 Å². The van der Waals surface area contributed by atoms with Gasteiger partial charge in [-0.25, -0.2) is 4.98 Å². The largest absolute Gasteiger partial charge is 0.310 e. The lowest BCUT2D eigenvalue weighted by molar-refractivity contribution is -0.130. The molecule has 1 aromatic heterocycles. The van der Waals surface area contributed by atoms with E-state index >= 15 is 0 Å². The van der Waals surface area contributed by atoms with Crippen LogP contribution in [0.15, 0.2) is 18.3 Å². The number of anilines is 1. The third-order valence-corrected chi connectivity index (χ3v) is 4.60. The highest BCUT2D eigenvalue weighted by Gasteiger charge is 2.48.